The van der Waals surface area contributed by atoms with Gasteiger partial charge in [0.15, 0.2) is 0 Å². The molecule has 4 nitrogen and oxygen atoms in total. The molecule has 0 amide bonds. The quantitative estimate of drug-likeness (QED) is 0.388. The summed E-state index contributed by atoms with van der Waals surface area (Å²) in [5, 5.41) is 0. The Hall–Kier alpha value is -0.960. The Morgan fingerprint density at radius 3 is 1.17 bits per heavy atom. The summed E-state index contributed by atoms with van der Waals surface area (Å²) in [6.45, 7) is 0. The monoisotopic (exact) mass is 404 g/mol. The van der Waals surface area contributed by atoms with Gasteiger partial charge >= 0.3 is 0 Å². The molecule has 0 atom stereocenters. The van der Waals surface area contributed by atoms with E-state index in [0.29, 0.717) is 23.8 Å². The smallest absolute Gasteiger partial charge is 0.131 e. The van der Waals surface area contributed by atoms with Crippen LogP contribution < -0.4 is 18.9 Å². The Labute approximate surface area is 164 Å². The van der Waals surface area contributed by atoms with E-state index in [4.69, 9.17) is 18.9 Å². The van der Waals surface area contributed by atoms with E-state index in [1.165, 1.54) is 0 Å². The second-order valence-electron chi connectivity index (χ2n) is 4.04. The molecule has 2 aromatic rings. The average molecular weight is 405 g/mol. The Morgan fingerprint density at radius 2 is 0.833 bits per heavy atom. The minimum atomic E-state index is 0.365. The van der Waals surface area contributed by atoms with Gasteiger partial charge in [0.25, 0.3) is 0 Å². The highest BCUT2D eigenvalue weighted by atomic mass is 32.1. The maximum atomic E-state index is 5.15. The fraction of sp³-hybridized carbons (Fsp3) is 0.250. The van der Waals surface area contributed by atoms with Crippen molar-refractivity contribution >= 4 is 50.5 Å². The molecule has 2 rings (SSSR count). The molecule has 0 aromatic heterocycles. The zero-order chi connectivity index (χ0) is 17.6. The Bertz CT molecular complexity index is 520. The molecule has 0 aliphatic heterocycles. The van der Waals surface area contributed by atoms with Crippen LogP contribution in [0.5, 0.6) is 23.0 Å². The van der Waals surface area contributed by atoms with Gasteiger partial charge in [-0.25, -0.2) is 0 Å². The number of hydrogen-bond donors (Lipinski definition) is 4. The number of benzene rings is 2. The molecular formula is C16H20O4S4. The predicted molar refractivity (Wildman–Crippen MR) is 111 cm³/mol. The molecule has 0 spiro atoms. The molecule has 0 unspecified atom stereocenters. The van der Waals surface area contributed by atoms with Crippen LogP contribution >= 0.6 is 50.5 Å². The van der Waals surface area contributed by atoms with Crippen LogP contribution in [-0.2, 0) is 0 Å². The second kappa shape index (κ2) is 13.3. The van der Waals surface area contributed by atoms with Gasteiger partial charge in [0, 0.05) is 6.07 Å². The van der Waals surface area contributed by atoms with Crippen LogP contribution in [-0.4, -0.2) is 23.8 Å². The maximum absolute atomic E-state index is 5.15. The first-order chi connectivity index (χ1) is 11.7. The lowest BCUT2D eigenvalue weighted by Gasteiger charge is -2.05. The fourth-order valence-corrected chi connectivity index (χ4v) is 2.18. The first kappa shape index (κ1) is 21.1. The van der Waals surface area contributed by atoms with Crippen molar-refractivity contribution in [1.29, 1.82) is 0 Å². The van der Waals surface area contributed by atoms with E-state index in [1.807, 2.05) is 42.5 Å². The summed E-state index contributed by atoms with van der Waals surface area (Å²) in [5.74, 6) is 4.58. The van der Waals surface area contributed by atoms with Gasteiger partial charge in [-0.2, -0.15) is 0 Å². The third-order valence-electron chi connectivity index (χ3n) is 2.55. The van der Waals surface area contributed by atoms with Crippen LogP contribution in [0.4, 0.5) is 0 Å². The number of rotatable bonds is 8. The van der Waals surface area contributed by atoms with Crippen molar-refractivity contribution in [3.63, 3.8) is 0 Å². The van der Waals surface area contributed by atoms with Gasteiger partial charge < -0.3 is 18.9 Å². The standard InChI is InChI=1S/2C8H10O2S2/c11-5-9-7-1-2-8(4-3-7)10-6-12;11-5-9-7-2-1-3-8(4-7)10-6-12/h2*1-4,11-12H,5-6H2. The fourth-order valence-electron chi connectivity index (χ4n) is 1.58. The number of ether oxygens (including phenoxy) is 4. The second-order valence-corrected chi connectivity index (χ2v) is 5.07. The summed E-state index contributed by atoms with van der Waals surface area (Å²) in [5.41, 5.74) is 0. The molecular weight excluding hydrogens is 384 g/mol. The lowest BCUT2D eigenvalue weighted by molar-refractivity contribution is 0.375. The van der Waals surface area contributed by atoms with E-state index in [0.717, 1.165) is 23.0 Å². The molecule has 132 valence electrons. The van der Waals surface area contributed by atoms with Crippen LogP contribution in [0.1, 0.15) is 0 Å². The first-order valence-corrected chi connectivity index (χ1v) is 9.41. The minimum Gasteiger partial charge on any atom is -0.483 e. The van der Waals surface area contributed by atoms with Gasteiger partial charge in [-0.3, -0.25) is 0 Å². The van der Waals surface area contributed by atoms with Crippen LogP contribution in [0, 0.1) is 0 Å². The Morgan fingerprint density at radius 1 is 0.500 bits per heavy atom. The minimum absolute atomic E-state index is 0.365. The molecule has 0 fully saturated rings. The zero-order valence-electron chi connectivity index (χ0n) is 12.9. The molecule has 0 saturated carbocycles. The summed E-state index contributed by atoms with van der Waals surface area (Å²) < 4.78 is 20.6. The van der Waals surface area contributed by atoms with Gasteiger partial charge in [0.1, 0.15) is 46.8 Å². The number of hydrogen-bond acceptors (Lipinski definition) is 8. The molecule has 0 bridgehead atoms. The van der Waals surface area contributed by atoms with Crippen molar-refractivity contribution in [2.45, 2.75) is 0 Å². The summed E-state index contributed by atoms with van der Waals surface area (Å²) in [6.07, 6.45) is 0. The van der Waals surface area contributed by atoms with Crippen LogP contribution in [0.3, 0.4) is 0 Å². The highest BCUT2D eigenvalue weighted by Gasteiger charge is 1.95. The Kier molecular flexibility index (Phi) is 11.7. The molecule has 2 aromatic carbocycles. The van der Waals surface area contributed by atoms with E-state index in [9.17, 15) is 0 Å². The first-order valence-electron chi connectivity index (χ1n) is 6.88. The molecule has 8 heteroatoms. The number of thiol groups is 4. The van der Waals surface area contributed by atoms with Gasteiger partial charge in [0.05, 0.1) is 0 Å². The van der Waals surface area contributed by atoms with Gasteiger partial charge in [-0.1, -0.05) is 6.07 Å². The van der Waals surface area contributed by atoms with Crippen LogP contribution in [0.15, 0.2) is 48.5 Å². The Balaban J connectivity index is 0.000000240. The third-order valence-corrected chi connectivity index (χ3v) is 3.07. The van der Waals surface area contributed by atoms with Gasteiger partial charge in [-0.15, -0.1) is 50.5 Å². The summed E-state index contributed by atoms with van der Waals surface area (Å²) >= 11 is 15.7. The topological polar surface area (TPSA) is 36.9 Å². The van der Waals surface area contributed by atoms with Crippen molar-refractivity contribution in [2.75, 3.05) is 23.8 Å². The SMILES string of the molecule is SCOc1ccc(OCS)cc1.SCOc1cccc(OCS)c1. The van der Waals surface area contributed by atoms with E-state index >= 15 is 0 Å². The molecule has 24 heavy (non-hydrogen) atoms. The predicted octanol–water partition coefficient (Wildman–Crippen LogP) is 4.44. The van der Waals surface area contributed by atoms with E-state index < -0.39 is 0 Å². The van der Waals surface area contributed by atoms with Gasteiger partial charge in [-0.05, 0) is 36.4 Å². The maximum Gasteiger partial charge on any atom is 0.131 e. The molecule has 0 saturated heterocycles. The lowest BCUT2D eigenvalue weighted by Crippen LogP contribution is -1.91. The molecule has 0 N–H and O–H groups in total. The lowest BCUT2D eigenvalue weighted by atomic mass is 10.3. The molecule has 0 aliphatic rings. The van der Waals surface area contributed by atoms with Crippen molar-refractivity contribution in [3.8, 4) is 23.0 Å². The molecule has 0 heterocycles. The summed E-state index contributed by atoms with van der Waals surface area (Å²) in [4.78, 5) is 0. The van der Waals surface area contributed by atoms with Crippen LogP contribution in [0.2, 0.25) is 0 Å². The van der Waals surface area contributed by atoms with E-state index in [2.05, 4.69) is 50.5 Å². The van der Waals surface area contributed by atoms with Crippen molar-refractivity contribution < 1.29 is 18.9 Å². The van der Waals surface area contributed by atoms with Crippen molar-refractivity contribution in [1.82, 2.24) is 0 Å². The van der Waals surface area contributed by atoms with E-state index in [1.54, 1.807) is 6.07 Å². The van der Waals surface area contributed by atoms with Gasteiger partial charge in [0.2, 0.25) is 0 Å². The molecule has 0 radical (unpaired) electrons. The average Bonchev–Trinajstić information content (AvgIpc) is 2.59. The van der Waals surface area contributed by atoms with E-state index in [-0.39, 0.29) is 0 Å². The highest BCUT2D eigenvalue weighted by Crippen LogP contribution is 2.19. The van der Waals surface area contributed by atoms with Crippen molar-refractivity contribution in [2.24, 2.45) is 0 Å². The normalized spacial score (nSPS) is 9.50. The highest BCUT2D eigenvalue weighted by molar-refractivity contribution is 7.80. The van der Waals surface area contributed by atoms with Crippen LogP contribution in [0.25, 0.3) is 0 Å². The summed E-state index contributed by atoms with van der Waals surface area (Å²) in [7, 11) is 0. The summed E-state index contributed by atoms with van der Waals surface area (Å²) in [6, 6.07) is 14.7. The van der Waals surface area contributed by atoms with Crippen molar-refractivity contribution in [3.05, 3.63) is 48.5 Å². The third kappa shape index (κ3) is 8.77. The zero-order valence-corrected chi connectivity index (χ0v) is 16.4. The largest absolute Gasteiger partial charge is 0.483 e. The molecule has 0 aliphatic carbocycles.